The normalized spacial score (nSPS) is 18.1. The Balaban J connectivity index is 1.68. The van der Waals surface area contributed by atoms with Gasteiger partial charge in [0.05, 0.1) is 12.8 Å². The molecule has 1 unspecified atom stereocenters. The zero-order valence-electron chi connectivity index (χ0n) is 18.2. The molecule has 3 rings (SSSR count). The molecule has 31 heavy (non-hydrogen) atoms. The monoisotopic (exact) mass is 446 g/mol. The molecule has 0 saturated carbocycles. The van der Waals surface area contributed by atoms with Crippen LogP contribution in [-0.2, 0) is 21.1 Å². The van der Waals surface area contributed by atoms with Gasteiger partial charge in [0.2, 0.25) is 0 Å². The van der Waals surface area contributed by atoms with Crippen molar-refractivity contribution in [2.75, 3.05) is 28.3 Å². The summed E-state index contributed by atoms with van der Waals surface area (Å²) in [5, 5.41) is 16.9. The molecule has 0 aromatic heterocycles. The Morgan fingerprint density at radius 2 is 2.19 bits per heavy atom. The second-order valence-corrected chi connectivity index (χ2v) is 7.95. The van der Waals surface area contributed by atoms with Gasteiger partial charge in [-0.25, -0.2) is 5.01 Å². The van der Waals surface area contributed by atoms with Gasteiger partial charge in [0.1, 0.15) is 25.8 Å². The first-order chi connectivity index (χ1) is 15.0. The summed E-state index contributed by atoms with van der Waals surface area (Å²) in [5.41, 5.74) is 2.67. The van der Waals surface area contributed by atoms with Crippen molar-refractivity contribution in [1.29, 1.82) is 0 Å². The Bertz CT molecular complexity index is 946. The number of thioether (sulfide) groups is 1. The molecule has 0 aliphatic carbocycles. The van der Waals surface area contributed by atoms with Gasteiger partial charge in [0.25, 0.3) is 5.91 Å². The number of carbonyl (C=O) groups excluding carboxylic acids is 1. The standard InChI is InChI=1S/C20H26N6O4S/c1-13-17(26-20(31-13)25(3)12-22-26)8-9-23-30-11-14-10-15(28-4)6-7-16(14)18(24-29-5)19(27)21-2/h6-7,9-10,12,20H,8,11H2,1-5H3,(H,21,27). The highest BCUT2D eigenvalue weighted by molar-refractivity contribution is 8.03. The van der Waals surface area contributed by atoms with E-state index in [9.17, 15) is 4.79 Å². The maximum atomic E-state index is 12.2. The molecule has 0 radical (unpaired) electrons. The van der Waals surface area contributed by atoms with Gasteiger partial charge in [-0.2, -0.15) is 5.10 Å². The third-order valence-electron chi connectivity index (χ3n) is 4.73. The van der Waals surface area contributed by atoms with Gasteiger partial charge in [-0.1, -0.05) is 22.1 Å². The zero-order chi connectivity index (χ0) is 22.4. The van der Waals surface area contributed by atoms with Gasteiger partial charge >= 0.3 is 0 Å². The van der Waals surface area contributed by atoms with Gasteiger partial charge in [0.15, 0.2) is 11.2 Å². The summed E-state index contributed by atoms with van der Waals surface area (Å²) >= 11 is 1.76. The number of benzene rings is 1. The van der Waals surface area contributed by atoms with Crippen molar-refractivity contribution in [2.45, 2.75) is 25.4 Å². The van der Waals surface area contributed by atoms with Gasteiger partial charge in [0, 0.05) is 42.8 Å². The van der Waals surface area contributed by atoms with Crippen LogP contribution in [0.25, 0.3) is 0 Å². The Hall–Kier alpha value is -3.21. The molecule has 10 nitrogen and oxygen atoms in total. The SMILES string of the molecule is CNC(=O)C(=NOC)c1ccc(OC)cc1CON=CCC1=C(C)SC2N(C)C=NN12. The van der Waals surface area contributed by atoms with E-state index in [1.54, 1.807) is 43.3 Å². The van der Waals surface area contributed by atoms with Gasteiger partial charge in [-0.3, -0.25) is 4.79 Å². The van der Waals surface area contributed by atoms with Crippen molar-refractivity contribution in [1.82, 2.24) is 15.2 Å². The van der Waals surface area contributed by atoms with E-state index in [2.05, 4.69) is 32.6 Å². The second-order valence-electron chi connectivity index (χ2n) is 6.68. The van der Waals surface area contributed by atoms with Gasteiger partial charge in [-0.15, -0.1) is 0 Å². The lowest BCUT2D eigenvalue weighted by Crippen LogP contribution is -2.30. The van der Waals surface area contributed by atoms with Crippen LogP contribution in [0.2, 0.25) is 0 Å². The molecular formula is C20H26N6O4S. The molecule has 1 amide bonds. The van der Waals surface area contributed by atoms with Gasteiger partial charge in [-0.05, 0) is 25.1 Å². The Morgan fingerprint density at radius 3 is 2.90 bits per heavy atom. The van der Waals surface area contributed by atoms with Crippen LogP contribution in [-0.4, -0.2) is 67.9 Å². The van der Waals surface area contributed by atoms with Crippen molar-refractivity contribution in [2.24, 2.45) is 15.4 Å². The van der Waals surface area contributed by atoms with Crippen LogP contribution in [0.1, 0.15) is 24.5 Å². The number of hydrogen-bond acceptors (Lipinski definition) is 10. The maximum absolute atomic E-state index is 12.2. The van der Waals surface area contributed by atoms with E-state index < -0.39 is 0 Å². The molecule has 2 aliphatic rings. The molecule has 0 spiro atoms. The summed E-state index contributed by atoms with van der Waals surface area (Å²) in [4.78, 5) is 25.9. The number of hydrogen-bond donors (Lipinski definition) is 1. The molecule has 0 saturated heterocycles. The number of likely N-dealkylation sites (N-methyl/N-ethyl adjacent to an activating group) is 1. The van der Waals surface area contributed by atoms with Crippen LogP contribution >= 0.6 is 11.8 Å². The van der Waals surface area contributed by atoms with Crippen LogP contribution in [0.4, 0.5) is 0 Å². The minimum absolute atomic E-state index is 0.128. The fourth-order valence-electron chi connectivity index (χ4n) is 3.14. The largest absolute Gasteiger partial charge is 0.497 e. The van der Waals surface area contributed by atoms with Crippen LogP contribution < -0.4 is 10.1 Å². The van der Waals surface area contributed by atoms with E-state index in [4.69, 9.17) is 14.4 Å². The Labute approximate surface area is 185 Å². The minimum atomic E-state index is -0.372. The van der Waals surface area contributed by atoms with Crippen molar-refractivity contribution in [3.63, 3.8) is 0 Å². The first-order valence-corrected chi connectivity index (χ1v) is 10.4. The van der Waals surface area contributed by atoms with Crippen LogP contribution in [0.3, 0.4) is 0 Å². The fourth-order valence-corrected chi connectivity index (χ4v) is 4.27. The number of allylic oxidation sites excluding steroid dienone is 2. The van der Waals surface area contributed by atoms with Crippen LogP contribution in [0.15, 0.2) is 44.2 Å². The number of amides is 1. The number of fused-ring (bicyclic) bond motifs is 1. The highest BCUT2D eigenvalue weighted by Crippen LogP contribution is 2.41. The predicted octanol–water partition coefficient (Wildman–Crippen LogP) is 2.14. The zero-order valence-corrected chi connectivity index (χ0v) is 19.0. The smallest absolute Gasteiger partial charge is 0.273 e. The number of nitrogens with one attached hydrogen (secondary N) is 1. The average molecular weight is 447 g/mol. The first kappa shape index (κ1) is 22.5. The molecule has 11 heteroatoms. The van der Waals surface area contributed by atoms with E-state index in [1.807, 2.05) is 18.4 Å². The van der Waals surface area contributed by atoms with Crippen LogP contribution in [0, 0.1) is 0 Å². The number of nitrogens with zero attached hydrogens (tertiary/aromatic N) is 5. The summed E-state index contributed by atoms with van der Waals surface area (Å²) in [6, 6.07) is 5.26. The number of methoxy groups -OCH3 is 1. The fraction of sp³-hybridized carbons (Fsp3) is 0.400. The van der Waals surface area contributed by atoms with Crippen molar-refractivity contribution >= 4 is 35.9 Å². The summed E-state index contributed by atoms with van der Waals surface area (Å²) in [7, 11) is 6.49. The van der Waals surface area contributed by atoms with E-state index in [-0.39, 0.29) is 23.7 Å². The number of rotatable bonds is 9. The minimum Gasteiger partial charge on any atom is -0.497 e. The molecule has 1 aromatic rings. The topological polar surface area (TPSA) is 100 Å². The second kappa shape index (κ2) is 10.2. The highest BCUT2D eigenvalue weighted by atomic mass is 32.2. The molecular weight excluding hydrogens is 420 g/mol. The molecule has 2 heterocycles. The van der Waals surface area contributed by atoms with E-state index in [0.717, 1.165) is 5.70 Å². The number of carbonyl (C=O) groups is 1. The summed E-state index contributed by atoms with van der Waals surface area (Å²) in [5.74, 6) is 0.259. The van der Waals surface area contributed by atoms with E-state index >= 15 is 0 Å². The lowest BCUT2D eigenvalue weighted by Gasteiger charge is -2.21. The molecule has 0 bridgehead atoms. The van der Waals surface area contributed by atoms with Crippen molar-refractivity contribution in [3.05, 3.63) is 39.9 Å². The highest BCUT2D eigenvalue weighted by Gasteiger charge is 2.35. The number of oxime groups is 2. The third-order valence-corrected chi connectivity index (χ3v) is 6.06. The quantitative estimate of drug-likeness (QED) is 0.458. The first-order valence-electron chi connectivity index (χ1n) is 9.56. The molecule has 1 atom stereocenters. The lowest BCUT2D eigenvalue weighted by molar-refractivity contribution is -0.114. The lowest BCUT2D eigenvalue weighted by atomic mass is 10.0. The molecule has 166 valence electrons. The third kappa shape index (κ3) is 4.93. The average Bonchev–Trinajstić information content (AvgIpc) is 3.29. The predicted molar refractivity (Wildman–Crippen MR) is 121 cm³/mol. The van der Waals surface area contributed by atoms with E-state index in [0.29, 0.717) is 23.3 Å². The maximum Gasteiger partial charge on any atom is 0.273 e. The summed E-state index contributed by atoms with van der Waals surface area (Å²) < 4.78 is 5.29. The molecule has 1 aromatic carbocycles. The molecule has 0 fully saturated rings. The van der Waals surface area contributed by atoms with Gasteiger partial charge < -0.3 is 24.6 Å². The number of hydrazone groups is 1. The van der Waals surface area contributed by atoms with Crippen LogP contribution in [0.5, 0.6) is 5.75 Å². The molecule has 2 aliphatic heterocycles. The number of ether oxygens (including phenoxy) is 1. The van der Waals surface area contributed by atoms with Crippen molar-refractivity contribution in [3.8, 4) is 5.75 Å². The van der Waals surface area contributed by atoms with E-state index in [1.165, 1.54) is 19.1 Å². The Morgan fingerprint density at radius 1 is 1.39 bits per heavy atom. The van der Waals surface area contributed by atoms with Crippen molar-refractivity contribution < 1.29 is 19.2 Å². The summed E-state index contributed by atoms with van der Waals surface area (Å²) in [6.07, 6.45) is 4.12. The summed E-state index contributed by atoms with van der Waals surface area (Å²) in [6.45, 7) is 2.21. The molecule has 1 N–H and O–H groups in total. The Kier molecular flexibility index (Phi) is 7.40.